The standard InChI is InChI=1S/C16H23BrN2OSi/c1-13-11-19(12-20-9-10-21(2,3)4)16(18-13)14-5-7-15(17)8-6-14/h5-8,11H,9-10,12H2,1-4H3. The van der Waals surface area contributed by atoms with Gasteiger partial charge in [-0.1, -0.05) is 47.7 Å². The van der Waals surface area contributed by atoms with Crippen LogP contribution in [0.1, 0.15) is 5.69 Å². The van der Waals surface area contributed by atoms with Gasteiger partial charge in [0, 0.05) is 30.9 Å². The number of ether oxygens (including phenoxy) is 1. The molecule has 0 aliphatic heterocycles. The van der Waals surface area contributed by atoms with Gasteiger partial charge in [0.2, 0.25) is 0 Å². The number of imidazole rings is 1. The van der Waals surface area contributed by atoms with Gasteiger partial charge in [-0.25, -0.2) is 4.98 Å². The summed E-state index contributed by atoms with van der Waals surface area (Å²) in [5, 5.41) is 0. The van der Waals surface area contributed by atoms with Crippen LogP contribution >= 0.6 is 15.9 Å². The van der Waals surface area contributed by atoms with Gasteiger partial charge in [-0.3, -0.25) is 0 Å². The zero-order valence-corrected chi connectivity index (χ0v) is 15.8. The molecule has 1 aromatic carbocycles. The van der Waals surface area contributed by atoms with Gasteiger partial charge >= 0.3 is 0 Å². The average molecular weight is 367 g/mol. The van der Waals surface area contributed by atoms with E-state index in [1.54, 1.807) is 0 Å². The molecule has 0 radical (unpaired) electrons. The van der Waals surface area contributed by atoms with Crippen molar-refractivity contribution in [2.75, 3.05) is 6.61 Å². The maximum Gasteiger partial charge on any atom is 0.142 e. The van der Waals surface area contributed by atoms with Crippen molar-refractivity contribution in [2.24, 2.45) is 0 Å². The number of aryl methyl sites for hydroxylation is 1. The fourth-order valence-electron chi connectivity index (χ4n) is 2.02. The van der Waals surface area contributed by atoms with Crippen LogP contribution in [0, 0.1) is 6.92 Å². The van der Waals surface area contributed by atoms with Crippen LogP contribution < -0.4 is 0 Å². The predicted octanol–water partition coefficient (Wildman–Crippen LogP) is 4.93. The van der Waals surface area contributed by atoms with Crippen molar-refractivity contribution in [3.8, 4) is 11.4 Å². The molecule has 2 aromatic rings. The summed E-state index contributed by atoms with van der Waals surface area (Å²) in [7, 11) is -1.03. The molecule has 0 amide bonds. The van der Waals surface area contributed by atoms with Gasteiger partial charge in [-0.15, -0.1) is 0 Å². The Morgan fingerprint density at radius 3 is 2.48 bits per heavy atom. The second kappa shape index (κ2) is 6.90. The molecular weight excluding hydrogens is 344 g/mol. The SMILES string of the molecule is Cc1cn(COCC[Si](C)(C)C)c(-c2ccc(Br)cc2)n1. The highest BCUT2D eigenvalue weighted by atomic mass is 79.9. The Labute approximate surface area is 136 Å². The van der Waals surface area contributed by atoms with Crippen molar-refractivity contribution >= 4 is 24.0 Å². The third-order valence-corrected chi connectivity index (χ3v) is 5.46. The summed E-state index contributed by atoms with van der Waals surface area (Å²) >= 11 is 3.46. The molecule has 0 aliphatic rings. The molecule has 2 rings (SSSR count). The number of aromatic nitrogens is 2. The fraction of sp³-hybridized carbons (Fsp3) is 0.438. The number of nitrogens with zero attached hydrogens (tertiary/aromatic N) is 2. The molecule has 3 nitrogen and oxygen atoms in total. The molecule has 0 N–H and O–H groups in total. The van der Waals surface area contributed by atoms with Crippen molar-refractivity contribution < 1.29 is 4.74 Å². The molecule has 0 fully saturated rings. The van der Waals surface area contributed by atoms with Crippen molar-refractivity contribution in [2.45, 2.75) is 39.3 Å². The topological polar surface area (TPSA) is 27.1 Å². The molecule has 0 atom stereocenters. The van der Waals surface area contributed by atoms with Crippen LogP contribution in [-0.4, -0.2) is 24.2 Å². The molecule has 0 spiro atoms. The fourth-order valence-corrected chi connectivity index (χ4v) is 3.04. The molecule has 0 bridgehead atoms. The average Bonchev–Trinajstić information content (AvgIpc) is 2.76. The van der Waals surface area contributed by atoms with E-state index in [0.717, 1.165) is 28.2 Å². The number of rotatable bonds is 6. The highest BCUT2D eigenvalue weighted by Gasteiger charge is 2.13. The summed E-state index contributed by atoms with van der Waals surface area (Å²) in [6.07, 6.45) is 2.05. The first-order chi connectivity index (χ1) is 9.85. The van der Waals surface area contributed by atoms with Crippen LogP contribution in [-0.2, 0) is 11.5 Å². The summed E-state index contributed by atoms with van der Waals surface area (Å²) in [6, 6.07) is 9.41. The molecule has 1 heterocycles. The second-order valence-electron chi connectivity index (χ2n) is 6.53. The van der Waals surface area contributed by atoms with E-state index in [1.165, 1.54) is 6.04 Å². The minimum Gasteiger partial charge on any atom is -0.361 e. The Morgan fingerprint density at radius 1 is 1.19 bits per heavy atom. The van der Waals surface area contributed by atoms with Crippen LogP contribution in [0.25, 0.3) is 11.4 Å². The van der Waals surface area contributed by atoms with Gasteiger partial charge in [-0.05, 0) is 25.1 Å². The zero-order valence-electron chi connectivity index (χ0n) is 13.2. The predicted molar refractivity (Wildman–Crippen MR) is 94.2 cm³/mol. The normalized spacial score (nSPS) is 11.9. The van der Waals surface area contributed by atoms with Gasteiger partial charge < -0.3 is 9.30 Å². The van der Waals surface area contributed by atoms with E-state index in [9.17, 15) is 0 Å². The van der Waals surface area contributed by atoms with E-state index in [-0.39, 0.29) is 0 Å². The van der Waals surface area contributed by atoms with E-state index >= 15 is 0 Å². The van der Waals surface area contributed by atoms with Gasteiger partial charge in [0.05, 0.1) is 5.69 Å². The van der Waals surface area contributed by atoms with Crippen molar-refractivity contribution in [1.82, 2.24) is 9.55 Å². The maximum absolute atomic E-state index is 5.84. The Bertz CT molecular complexity index is 587. The molecule has 0 saturated heterocycles. The highest BCUT2D eigenvalue weighted by Crippen LogP contribution is 2.21. The highest BCUT2D eigenvalue weighted by molar-refractivity contribution is 9.10. The lowest BCUT2D eigenvalue weighted by atomic mass is 10.2. The molecule has 21 heavy (non-hydrogen) atoms. The number of halogens is 1. The molecular formula is C16H23BrN2OSi. The van der Waals surface area contributed by atoms with Gasteiger partial charge in [0.25, 0.3) is 0 Å². The summed E-state index contributed by atoms with van der Waals surface area (Å²) in [5.41, 5.74) is 2.13. The quantitative estimate of drug-likeness (QED) is 0.535. The van der Waals surface area contributed by atoms with Crippen LogP contribution in [0.2, 0.25) is 25.7 Å². The van der Waals surface area contributed by atoms with E-state index in [1.807, 2.05) is 25.3 Å². The number of hydrogen-bond acceptors (Lipinski definition) is 2. The Kier molecular flexibility index (Phi) is 5.41. The lowest BCUT2D eigenvalue weighted by Gasteiger charge is -2.16. The van der Waals surface area contributed by atoms with E-state index < -0.39 is 8.07 Å². The summed E-state index contributed by atoms with van der Waals surface area (Å²) < 4.78 is 9.01. The first-order valence-electron chi connectivity index (χ1n) is 7.23. The number of hydrogen-bond donors (Lipinski definition) is 0. The van der Waals surface area contributed by atoms with Crippen LogP contribution in [0.5, 0.6) is 0 Å². The molecule has 5 heteroatoms. The summed E-state index contributed by atoms with van der Waals surface area (Å²) in [4.78, 5) is 4.61. The van der Waals surface area contributed by atoms with Gasteiger partial charge in [0.1, 0.15) is 12.6 Å². The van der Waals surface area contributed by atoms with Crippen molar-refractivity contribution in [1.29, 1.82) is 0 Å². The summed E-state index contributed by atoms with van der Waals surface area (Å²) in [6.45, 7) is 10.5. The van der Waals surface area contributed by atoms with E-state index in [2.05, 4.69) is 57.3 Å². The van der Waals surface area contributed by atoms with E-state index in [0.29, 0.717) is 6.73 Å². The van der Waals surface area contributed by atoms with Gasteiger partial charge in [0.15, 0.2) is 0 Å². The molecule has 0 saturated carbocycles. The Balaban J connectivity index is 2.05. The second-order valence-corrected chi connectivity index (χ2v) is 13.1. The van der Waals surface area contributed by atoms with Gasteiger partial charge in [-0.2, -0.15) is 0 Å². The Morgan fingerprint density at radius 2 is 1.86 bits per heavy atom. The third-order valence-electron chi connectivity index (χ3n) is 3.23. The van der Waals surface area contributed by atoms with Crippen LogP contribution in [0.4, 0.5) is 0 Å². The molecule has 114 valence electrons. The zero-order chi connectivity index (χ0) is 15.5. The number of benzene rings is 1. The van der Waals surface area contributed by atoms with E-state index in [4.69, 9.17) is 4.74 Å². The maximum atomic E-state index is 5.84. The lowest BCUT2D eigenvalue weighted by Crippen LogP contribution is -2.22. The molecule has 0 unspecified atom stereocenters. The molecule has 1 aromatic heterocycles. The molecule has 0 aliphatic carbocycles. The minimum absolute atomic E-state index is 0.566. The monoisotopic (exact) mass is 366 g/mol. The lowest BCUT2D eigenvalue weighted by molar-refractivity contribution is 0.0882. The first-order valence-corrected chi connectivity index (χ1v) is 11.7. The third kappa shape index (κ3) is 5.09. The van der Waals surface area contributed by atoms with Crippen molar-refractivity contribution in [3.63, 3.8) is 0 Å². The summed E-state index contributed by atoms with van der Waals surface area (Å²) in [5.74, 6) is 0.966. The Hall–Kier alpha value is -0.913. The van der Waals surface area contributed by atoms with Crippen LogP contribution in [0.15, 0.2) is 34.9 Å². The minimum atomic E-state index is -1.03. The first kappa shape index (κ1) is 16.5. The smallest absolute Gasteiger partial charge is 0.142 e. The largest absolute Gasteiger partial charge is 0.361 e. The van der Waals surface area contributed by atoms with Crippen LogP contribution in [0.3, 0.4) is 0 Å². The van der Waals surface area contributed by atoms with Crippen molar-refractivity contribution in [3.05, 3.63) is 40.6 Å².